The average molecular weight is 139 g/mol. The zero-order valence-corrected chi connectivity index (χ0v) is 4.84. The second-order valence-electron chi connectivity index (χ2n) is 1.14. The molecular formula is C2H6NO4P. The maximum Gasteiger partial charge on any atom is 0.344 e. The third-order valence-corrected chi connectivity index (χ3v) is 0.975. The predicted octanol–water partition coefficient (Wildman–Crippen LogP) is -1.13. The van der Waals surface area contributed by atoms with Gasteiger partial charge in [0.1, 0.15) is 6.29 Å². The molecule has 0 saturated heterocycles. The van der Waals surface area contributed by atoms with Gasteiger partial charge in [0.05, 0.1) is 0 Å². The van der Waals surface area contributed by atoms with Gasteiger partial charge in [0, 0.05) is 0 Å². The molecule has 3 N–H and O–H groups in total. The number of hydrogen-bond acceptors (Lipinski definition) is 2. The molecule has 6 heteroatoms. The summed E-state index contributed by atoms with van der Waals surface area (Å²) in [6.45, 7) is 0. The quantitative estimate of drug-likeness (QED) is 0.341. The number of nitrogens with one attached hydrogen (secondary N) is 1. The van der Waals surface area contributed by atoms with E-state index in [1.165, 1.54) is 0 Å². The normalized spacial score (nSPS) is 10.8. The van der Waals surface area contributed by atoms with Crippen LogP contribution in [0.5, 0.6) is 0 Å². The Hall–Kier alpha value is -0.380. The topological polar surface area (TPSA) is 86.6 Å². The van der Waals surface area contributed by atoms with Crippen LogP contribution in [0.3, 0.4) is 0 Å². The van der Waals surface area contributed by atoms with Gasteiger partial charge in [0.2, 0.25) is 6.41 Å². The molecule has 0 aromatic rings. The van der Waals surface area contributed by atoms with Gasteiger partial charge < -0.3 is 15.1 Å². The molecule has 0 radical (unpaired) electrons. The Balaban J connectivity index is 3.40. The van der Waals surface area contributed by atoms with Gasteiger partial charge in [-0.1, -0.05) is 0 Å². The van der Waals surface area contributed by atoms with Crippen molar-refractivity contribution in [1.82, 2.24) is 5.32 Å². The second kappa shape index (κ2) is 2.81. The predicted molar refractivity (Wildman–Crippen MR) is 26.1 cm³/mol. The molecule has 0 fully saturated rings. The Bertz CT molecular complexity index is 117. The summed E-state index contributed by atoms with van der Waals surface area (Å²) in [5.41, 5.74) is 0. The lowest BCUT2D eigenvalue weighted by molar-refractivity contribution is -0.109. The van der Waals surface area contributed by atoms with Gasteiger partial charge in [-0.15, -0.1) is 0 Å². The zero-order chi connectivity index (χ0) is 6.62. The summed E-state index contributed by atoms with van der Waals surface area (Å²) in [5, 5.41) is 1.84. The first kappa shape index (κ1) is 7.62. The molecule has 0 aromatic heterocycles. The monoisotopic (exact) mass is 139 g/mol. The number of amides is 1. The van der Waals surface area contributed by atoms with E-state index in [9.17, 15) is 9.36 Å². The molecule has 48 valence electrons. The van der Waals surface area contributed by atoms with Crippen LogP contribution < -0.4 is 5.32 Å². The van der Waals surface area contributed by atoms with Crippen LogP contribution in [0.15, 0.2) is 0 Å². The number of rotatable bonds is 3. The molecule has 0 saturated carbocycles. The number of carbonyl (C=O) groups excluding carboxylic acids is 1. The van der Waals surface area contributed by atoms with Crippen molar-refractivity contribution in [3.63, 3.8) is 0 Å². The van der Waals surface area contributed by atoms with E-state index in [1.807, 2.05) is 5.32 Å². The minimum atomic E-state index is -4.02. The Morgan fingerprint density at radius 3 is 2.25 bits per heavy atom. The first-order valence-corrected chi connectivity index (χ1v) is 3.57. The molecule has 0 heterocycles. The summed E-state index contributed by atoms with van der Waals surface area (Å²) >= 11 is 0. The molecule has 0 unspecified atom stereocenters. The summed E-state index contributed by atoms with van der Waals surface area (Å²) < 4.78 is 9.86. The van der Waals surface area contributed by atoms with Crippen LogP contribution in [-0.2, 0) is 9.36 Å². The van der Waals surface area contributed by atoms with Crippen molar-refractivity contribution in [2.75, 3.05) is 6.29 Å². The standard InChI is InChI=1S/C2H6NO4P/c4-1-3-2-8(5,6)7/h1H,2H2,(H,3,4)(H2,5,6,7). The van der Waals surface area contributed by atoms with E-state index in [2.05, 4.69) is 0 Å². The van der Waals surface area contributed by atoms with Gasteiger partial charge in [0.25, 0.3) is 0 Å². The zero-order valence-electron chi connectivity index (χ0n) is 3.94. The molecule has 0 aliphatic heterocycles. The molecule has 0 bridgehead atoms. The van der Waals surface area contributed by atoms with Crippen LogP contribution in [-0.4, -0.2) is 22.5 Å². The number of hydrogen-bond donors (Lipinski definition) is 3. The average Bonchev–Trinajstić information content (AvgIpc) is 1.59. The van der Waals surface area contributed by atoms with E-state index in [0.29, 0.717) is 0 Å². The van der Waals surface area contributed by atoms with Crippen LogP contribution in [0.1, 0.15) is 0 Å². The van der Waals surface area contributed by atoms with Crippen molar-refractivity contribution in [2.24, 2.45) is 0 Å². The summed E-state index contributed by atoms with van der Waals surface area (Å²) in [7, 11) is -4.02. The molecule has 0 aliphatic rings. The number of carbonyl (C=O) groups is 1. The summed E-state index contributed by atoms with van der Waals surface area (Å²) in [6, 6.07) is 0. The maximum absolute atomic E-state index is 9.86. The fraction of sp³-hybridized carbons (Fsp3) is 0.500. The van der Waals surface area contributed by atoms with Crippen LogP contribution in [0.25, 0.3) is 0 Å². The summed E-state index contributed by atoms with van der Waals surface area (Å²) in [4.78, 5) is 25.5. The molecule has 0 aliphatic carbocycles. The Morgan fingerprint density at radius 2 is 2.12 bits per heavy atom. The molecule has 0 aromatic carbocycles. The van der Waals surface area contributed by atoms with E-state index in [4.69, 9.17) is 9.79 Å². The van der Waals surface area contributed by atoms with Gasteiger partial charge in [-0.25, -0.2) is 0 Å². The third-order valence-electron chi connectivity index (χ3n) is 0.381. The van der Waals surface area contributed by atoms with Crippen molar-refractivity contribution in [3.8, 4) is 0 Å². The fourth-order valence-corrected chi connectivity index (χ4v) is 0.469. The highest BCUT2D eigenvalue weighted by molar-refractivity contribution is 7.51. The van der Waals surface area contributed by atoms with Crippen molar-refractivity contribution < 1.29 is 19.1 Å². The largest absolute Gasteiger partial charge is 0.347 e. The Morgan fingerprint density at radius 1 is 1.62 bits per heavy atom. The highest BCUT2D eigenvalue weighted by Gasteiger charge is 2.09. The van der Waals surface area contributed by atoms with E-state index in [-0.39, 0.29) is 6.41 Å². The van der Waals surface area contributed by atoms with Crippen LogP contribution in [0, 0.1) is 0 Å². The van der Waals surface area contributed by atoms with Crippen LogP contribution >= 0.6 is 7.60 Å². The first-order chi connectivity index (χ1) is 3.56. The highest BCUT2D eigenvalue weighted by Crippen LogP contribution is 2.31. The molecule has 0 spiro atoms. The van der Waals surface area contributed by atoms with Crippen LogP contribution in [0.4, 0.5) is 0 Å². The minimum Gasteiger partial charge on any atom is -0.347 e. The van der Waals surface area contributed by atoms with Gasteiger partial charge >= 0.3 is 7.60 Å². The van der Waals surface area contributed by atoms with Crippen molar-refractivity contribution in [3.05, 3.63) is 0 Å². The SMILES string of the molecule is O=CNCP(=O)(O)O. The smallest absolute Gasteiger partial charge is 0.344 e. The lowest BCUT2D eigenvalue weighted by atomic mass is 11.2. The lowest BCUT2D eigenvalue weighted by Gasteiger charge is -1.98. The van der Waals surface area contributed by atoms with E-state index >= 15 is 0 Å². The van der Waals surface area contributed by atoms with E-state index < -0.39 is 13.9 Å². The minimum absolute atomic E-state index is 0.235. The lowest BCUT2D eigenvalue weighted by Crippen LogP contribution is -2.11. The van der Waals surface area contributed by atoms with Gasteiger partial charge in [-0.2, -0.15) is 0 Å². The third kappa shape index (κ3) is 5.62. The Kier molecular flexibility index (Phi) is 2.68. The molecule has 0 rings (SSSR count). The van der Waals surface area contributed by atoms with Gasteiger partial charge in [0.15, 0.2) is 0 Å². The van der Waals surface area contributed by atoms with Crippen molar-refractivity contribution in [2.45, 2.75) is 0 Å². The highest BCUT2D eigenvalue weighted by atomic mass is 31.2. The van der Waals surface area contributed by atoms with Crippen molar-refractivity contribution >= 4 is 14.0 Å². The van der Waals surface area contributed by atoms with Gasteiger partial charge in [-0.05, 0) is 0 Å². The summed E-state index contributed by atoms with van der Waals surface area (Å²) in [6.07, 6.45) is -0.352. The molecule has 0 atom stereocenters. The van der Waals surface area contributed by atoms with E-state index in [0.717, 1.165) is 0 Å². The Labute approximate surface area is 45.9 Å². The maximum atomic E-state index is 9.86. The molecular weight excluding hydrogens is 133 g/mol. The van der Waals surface area contributed by atoms with E-state index in [1.54, 1.807) is 0 Å². The second-order valence-corrected chi connectivity index (χ2v) is 2.79. The summed E-state index contributed by atoms with van der Waals surface area (Å²) in [5.74, 6) is 0. The molecule has 1 amide bonds. The fourth-order valence-electron chi connectivity index (χ4n) is 0.156. The first-order valence-electron chi connectivity index (χ1n) is 1.78. The van der Waals surface area contributed by atoms with Crippen molar-refractivity contribution in [1.29, 1.82) is 0 Å². The van der Waals surface area contributed by atoms with Gasteiger partial charge in [-0.3, -0.25) is 9.36 Å². The molecule has 5 nitrogen and oxygen atoms in total. The molecule has 8 heavy (non-hydrogen) atoms. The van der Waals surface area contributed by atoms with Crippen LogP contribution in [0.2, 0.25) is 0 Å².